The predicted octanol–water partition coefficient (Wildman–Crippen LogP) is 3.86. The van der Waals surface area contributed by atoms with E-state index in [2.05, 4.69) is 20.6 Å². The van der Waals surface area contributed by atoms with Gasteiger partial charge in [0.15, 0.2) is 0 Å². The number of anilines is 2. The molecule has 5 heteroatoms. The lowest BCUT2D eigenvalue weighted by atomic mass is 10.1. The van der Waals surface area contributed by atoms with Crippen LogP contribution < -0.4 is 10.6 Å². The van der Waals surface area contributed by atoms with Crippen LogP contribution in [0.3, 0.4) is 0 Å². The first-order valence-corrected chi connectivity index (χ1v) is 7.67. The zero-order chi connectivity index (χ0) is 17.2. The first-order valence-electron chi connectivity index (χ1n) is 7.67. The molecule has 0 unspecified atom stereocenters. The van der Waals surface area contributed by atoms with Crippen LogP contribution in [0.25, 0.3) is 0 Å². The number of aryl methyl sites for hydroxylation is 2. The molecule has 1 aromatic heterocycles. The van der Waals surface area contributed by atoms with Gasteiger partial charge in [0.2, 0.25) is 5.95 Å². The van der Waals surface area contributed by atoms with E-state index in [9.17, 15) is 4.79 Å². The molecule has 2 aromatic rings. The molecular weight excluding hydrogens is 288 g/mol. The standard InChI is InChI=1S/C18H24N4O/c1-11-8-7-9-14(13(11)3)20-16(23)15-10-12(2)19-17(21-15)22-18(4,5)6/h7-10H,1-6H3,(H,20,23)(H,19,21,22). The molecule has 0 bridgehead atoms. The number of nitrogens with zero attached hydrogens (tertiary/aromatic N) is 2. The van der Waals surface area contributed by atoms with Crippen molar-refractivity contribution in [2.24, 2.45) is 0 Å². The van der Waals surface area contributed by atoms with Crippen LogP contribution in [0.1, 0.15) is 48.1 Å². The minimum atomic E-state index is -0.235. The summed E-state index contributed by atoms with van der Waals surface area (Å²) in [5.74, 6) is 0.227. The molecule has 5 nitrogen and oxygen atoms in total. The fourth-order valence-corrected chi connectivity index (χ4v) is 2.15. The number of hydrogen-bond donors (Lipinski definition) is 2. The Morgan fingerprint density at radius 1 is 1.09 bits per heavy atom. The Labute approximate surface area is 137 Å². The van der Waals surface area contributed by atoms with E-state index in [4.69, 9.17) is 0 Å². The van der Waals surface area contributed by atoms with Gasteiger partial charge in [0.05, 0.1) is 0 Å². The third kappa shape index (κ3) is 4.52. The number of aromatic nitrogens is 2. The maximum absolute atomic E-state index is 12.5. The molecule has 0 aliphatic rings. The maximum atomic E-state index is 12.5. The van der Waals surface area contributed by atoms with Gasteiger partial charge in [-0.05, 0) is 64.8 Å². The van der Waals surface area contributed by atoms with E-state index >= 15 is 0 Å². The molecule has 0 fully saturated rings. The normalized spacial score (nSPS) is 11.2. The summed E-state index contributed by atoms with van der Waals surface area (Å²) >= 11 is 0. The number of rotatable bonds is 3. The van der Waals surface area contributed by atoms with Crippen LogP contribution >= 0.6 is 0 Å². The fraction of sp³-hybridized carbons (Fsp3) is 0.389. The first kappa shape index (κ1) is 16.9. The van der Waals surface area contributed by atoms with E-state index in [1.165, 1.54) is 0 Å². The summed E-state index contributed by atoms with van der Waals surface area (Å²) < 4.78 is 0. The van der Waals surface area contributed by atoms with Crippen LogP contribution in [0.5, 0.6) is 0 Å². The quantitative estimate of drug-likeness (QED) is 0.903. The van der Waals surface area contributed by atoms with Gasteiger partial charge in [0.1, 0.15) is 5.69 Å². The highest BCUT2D eigenvalue weighted by Gasteiger charge is 2.16. The summed E-state index contributed by atoms with van der Waals surface area (Å²) in [6, 6.07) is 7.53. The highest BCUT2D eigenvalue weighted by molar-refractivity contribution is 6.03. The van der Waals surface area contributed by atoms with Crippen LogP contribution in [-0.4, -0.2) is 21.4 Å². The molecule has 1 amide bonds. The molecule has 0 radical (unpaired) electrons. The second-order valence-electron chi connectivity index (χ2n) is 6.79. The van der Waals surface area contributed by atoms with Crippen LogP contribution in [-0.2, 0) is 0 Å². The van der Waals surface area contributed by atoms with Gasteiger partial charge < -0.3 is 10.6 Å². The van der Waals surface area contributed by atoms with E-state index in [0.717, 1.165) is 22.5 Å². The van der Waals surface area contributed by atoms with Gasteiger partial charge in [0, 0.05) is 16.9 Å². The molecular formula is C18H24N4O. The SMILES string of the molecule is Cc1cc(C(=O)Nc2cccc(C)c2C)nc(NC(C)(C)C)n1. The number of hydrogen-bond acceptors (Lipinski definition) is 4. The van der Waals surface area contributed by atoms with Crippen molar-refractivity contribution < 1.29 is 4.79 Å². The Hall–Kier alpha value is -2.43. The summed E-state index contributed by atoms with van der Waals surface area (Å²) in [7, 11) is 0. The van der Waals surface area contributed by atoms with Crippen LogP contribution in [0.2, 0.25) is 0 Å². The van der Waals surface area contributed by atoms with Gasteiger partial charge in [-0.2, -0.15) is 0 Å². The zero-order valence-electron chi connectivity index (χ0n) is 14.6. The lowest BCUT2D eigenvalue weighted by molar-refractivity contribution is 0.102. The zero-order valence-corrected chi connectivity index (χ0v) is 14.6. The van der Waals surface area contributed by atoms with Crippen molar-refractivity contribution in [3.8, 4) is 0 Å². The average Bonchev–Trinajstić information content (AvgIpc) is 2.41. The molecule has 0 spiro atoms. The van der Waals surface area contributed by atoms with Gasteiger partial charge in [0.25, 0.3) is 5.91 Å². The molecule has 0 saturated carbocycles. The average molecular weight is 312 g/mol. The smallest absolute Gasteiger partial charge is 0.274 e. The van der Waals surface area contributed by atoms with Gasteiger partial charge in [-0.15, -0.1) is 0 Å². The van der Waals surface area contributed by atoms with Gasteiger partial charge >= 0.3 is 0 Å². The lowest BCUT2D eigenvalue weighted by Crippen LogP contribution is -2.28. The van der Waals surface area contributed by atoms with E-state index in [1.807, 2.05) is 59.7 Å². The minimum absolute atomic E-state index is 0.172. The van der Waals surface area contributed by atoms with Crippen molar-refractivity contribution in [3.05, 3.63) is 46.8 Å². The molecule has 0 atom stereocenters. The van der Waals surface area contributed by atoms with Crippen LogP contribution in [0.4, 0.5) is 11.6 Å². The number of carbonyl (C=O) groups is 1. The first-order chi connectivity index (χ1) is 10.7. The molecule has 122 valence electrons. The van der Waals surface area contributed by atoms with Crippen molar-refractivity contribution in [1.29, 1.82) is 0 Å². The number of carbonyl (C=O) groups excluding carboxylic acids is 1. The third-order valence-corrected chi connectivity index (χ3v) is 3.43. The molecule has 0 aliphatic heterocycles. The summed E-state index contributed by atoms with van der Waals surface area (Å²) in [5, 5.41) is 6.13. The van der Waals surface area contributed by atoms with E-state index in [0.29, 0.717) is 11.6 Å². The lowest BCUT2D eigenvalue weighted by Gasteiger charge is -2.21. The molecule has 23 heavy (non-hydrogen) atoms. The number of benzene rings is 1. The van der Waals surface area contributed by atoms with Crippen molar-refractivity contribution in [2.75, 3.05) is 10.6 Å². The summed E-state index contributed by atoms with van der Waals surface area (Å²) in [6.07, 6.45) is 0. The van der Waals surface area contributed by atoms with Crippen LogP contribution in [0, 0.1) is 20.8 Å². The maximum Gasteiger partial charge on any atom is 0.274 e. The van der Waals surface area contributed by atoms with Crippen molar-refractivity contribution >= 4 is 17.5 Å². The van der Waals surface area contributed by atoms with Crippen molar-refractivity contribution in [1.82, 2.24) is 9.97 Å². The largest absolute Gasteiger partial charge is 0.350 e. The molecule has 0 saturated heterocycles. The van der Waals surface area contributed by atoms with Crippen LogP contribution in [0.15, 0.2) is 24.3 Å². The van der Waals surface area contributed by atoms with E-state index in [1.54, 1.807) is 6.07 Å². The van der Waals surface area contributed by atoms with Gasteiger partial charge in [-0.25, -0.2) is 9.97 Å². The summed E-state index contributed by atoms with van der Waals surface area (Å²) in [5.41, 5.74) is 3.92. The fourth-order valence-electron chi connectivity index (χ4n) is 2.15. The molecule has 1 aromatic carbocycles. The molecule has 2 N–H and O–H groups in total. The van der Waals surface area contributed by atoms with E-state index in [-0.39, 0.29) is 11.4 Å². The second kappa shape index (κ2) is 6.36. The summed E-state index contributed by atoms with van der Waals surface area (Å²) in [6.45, 7) is 11.9. The Bertz CT molecular complexity index is 732. The third-order valence-electron chi connectivity index (χ3n) is 3.43. The Kier molecular flexibility index (Phi) is 4.68. The number of nitrogens with one attached hydrogen (secondary N) is 2. The van der Waals surface area contributed by atoms with Crippen molar-refractivity contribution in [2.45, 2.75) is 47.1 Å². The highest BCUT2D eigenvalue weighted by Crippen LogP contribution is 2.19. The highest BCUT2D eigenvalue weighted by atomic mass is 16.1. The number of amides is 1. The summed E-state index contributed by atoms with van der Waals surface area (Å²) in [4.78, 5) is 21.2. The molecule has 0 aliphatic carbocycles. The van der Waals surface area contributed by atoms with Gasteiger partial charge in [-0.3, -0.25) is 4.79 Å². The Balaban J connectivity index is 2.27. The molecule has 2 rings (SSSR count). The molecule has 1 heterocycles. The topological polar surface area (TPSA) is 66.9 Å². The van der Waals surface area contributed by atoms with Crippen molar-refractivity contribution in [3.63, 3.8) is 0 Å². The Morgan fingerprint density at radius 2 is 1.78 bits per heavy atom. The minimum Gasteiger partial charge on any atom is -0.350 e. The second-order valence-corrected chi connectivity index (χ2v) is 6.79. The Morgan fingerprint density at radius 3 is 2.43 bits per heavy atom. The van der Waals surface area contributed by atoms with Gasteiger partial charge in [-0.1, -0.05) is 12.1 Å². The monoisotopic (exact) mass is 312 g/mol. The predicted molar refractivity (Wildman–Crippen MR) is 94.0 cm³/mol. The van der Waals surface area contributed by atoms with E-state index < -0.39 is 0 Å².